The number of rotatable bonds is 0. The number of ether oxygens (including phenoxy) is 2. The van der Waals surface area contributed by atoms with Crippen LogP contribution in [0.4, 0.5) is 0 Å². The SMILES string of the molecule is CC1CCC2(OC1)OC1CC3C4CCC5=CC(O)CCC5(C)C4CCC3(C)C1C2C. The van der Waals surface area contributed by atoms with Gasteiger partial charge in [0.25, 0.3) is 0 Å². The van der Waals surface area contributed by atoms with E-state index < -0.39 is 0 Å². The molecule has 1 spiro atoms. The van der Waals surface area contributed by atoms with Gasteiger partial charge in [0.2, 0.25) is 0 Å². The second kappa shape index (κ2) is 6.58. The number of hydrogen-bond acceptors (Lipinski definition) is 3. The first-order valence-electron chi connectivity index (χ1n) is 13.0. The summed E-state index contributed by atoms with van der Waals surface area (Å²) in [6, 6.07) is 0. The summed E-state index contributed by atoms with van der Waals surface area (Å²) in [7, 11) is 0. The van der Waals surface area contributed by atoms with E-state index in [9.17, 15) is 5.11 Å². The van der Waals surface area contributed by atoms with Gasteiger partial charge in [-0.05, 0) is 91.8 Å². The summed E-state index contributed by atoms with van der Waals surface area (Å²) in [6.07, 6.45) is 13.4. The lowest BCUT2D eigenvalue weighted by atomic mass is 9.46. The Bertz CT molecular complexity index is 736. The number of aliphatic hydroxyl groups excluding tert-OH is 1. The molecule has 5 fully saturated rings. The summed E-state index contributed by atoms with van der Waals surface area (Å²) in [5.41, 5.74) is 2.32. The first kappa shape index (κ1) is 20.2. The summed E-state index contributed by atoms with van der Waals surface area (Å²) in [5.74, 6) is 4.00. The average Bonchev–Trinajstić information content (AvgIpc) is 3.16. The van der Waals surface area contributed by atoms with Crippen LogP contribution in [0.25, 0.3) is 0 Å². The van der Waals surface area contributed by atoms with Crippen LogP contribution in [0.3, 0.4) is 0 Å². The molecule has 2 heterocycles. The number of allylic oxidation sites excluding steroid dienone is 1. The van der Waals surface area contributed by atoms with Crippen LogP contribution < -0.4 is 0 Å². The summed E-state index contributed by atoms with van der Waals surface area (Å²) < 4.78 is 13.4. The van der Waals surface area contributed by atoms with Gasteiger partial charge in [0, 0.05) is 12.3 Å². The maximum Gasteiger partial charge on any atom is 0.171 e. The van der Waals surface area contributed by atoms with Crippen molar-refractivity contribution in [1.29, 1.82) is 0 Å². The third-order valence-electron chi connectivity index (χ3n) is 11.4. The van der Waals surface area contributed by atoms with Gasteiger partial charge in [0.1, 0.15) is 0 Å². The molecule has 168 valence electrons. The zero-order valence-corrected chi connectivity index (χ0v) is 19.5. The molecule has 3 saturated carbocycles. The molecule has 0 aromatic rings. The smallest absolute Gasteiger partial charge is 0.171 e. The molecule has 4 aliphatic carbocycles. The van der Waals surface area contributed by atoms with E-state index in [4.69, 9.17) is 9.47 Å². The van der Waals surface area contributed by atoms with Crippen molar-refractivity contribution in [3.05, 3.63) is 11.6 Å². The van der Waals surface area contributed by atoms with Crippen LogP contribution in [0.15, 0.2) is 11.6 Å². The van der Waals surface area contributed by atoms with Gasteiger partial charge in [0.15, 0.2) is 5.79 Å². The molecule has 11 atom stereocenters. The van der Waals surface area contributed by atoms with Gasteiger partial charge in [-0.25, -0.2) is 0 Å². The molecule has 2 saturated heterocycles. The van der Waals surface area contributed by atoms with Gasteiger partial charge in [-0.15, -0.1) is 0 Å². The molecule has 0 bridgehead atoms. The molecular weight excluding hydrogens is 372 g/mol. The minimum atomic E-state index is -0.291. The van der Waals surface area contributed by atoms with Gasteiger partial charge in [-0.2, -0.15) is 0 Å². The summed E-state index contributed by atoms with van der Waals surface area (Å²) in [6.45, 7) is 10.8. The molecular formula is C27H42O3. The fraction of sp³-hybridized carbons (Fsp3) is 0.926. The first-order valence-corrected chi connectivity index (χ1v) is 13.0. The van der Waals surface area contributed by atoms with Crippen LogP contribution in [0, 0.1) is 46.3 Å². The molecule has 11 unspecified atom stereocenters. The van der Waals surface area contributed by atoms with Crippen LogP contribution in [0.1, 0.15) is 85.5 Å². The van der Waals surface area contributed by atoms with Gasteiger partial charge < -0.3 is 14.6 Å². The molecule has 3 nitrogen and oxygen atoms in total. The molecule has 1 N–H and O–H groups in total. The highest BCUT2D eigenvalue weighted by Gasteiger charge is 2.68. The lowest BCUT2D eigenvalue weighted by Crippen LogP contribution is -2.52. The molecule has 6 aliphatic rings. The Labute approximate surface area is 183 Å². The predicted octanol–water partition coefficient (Wildman–Crippen LogP) is 5.71. The summed E-state index contributed by atoms with van der Waals surface area (Å²) in [4.78, 5) is 0. The quantitative estimate of drug-likeness (QED) is 0.516. The Morgan fingerprint density at radius 1 is 1.00 bits per heavy atom. The van der Waals surface area contributed by atoms with Gasteiger partial charge in [0.05, 0.1) is 18.8 Å². The van der Waals surface area contributed by atoms with Crippen LogP contribution in [0.5, 0.6) is 0 Å². The monoisotopic (exact) mass is 414 g/mol. The third-order valence-corrected chi connectivity index (χ3v) is 11.4. The molecule has 6 rings (SSSR count). The maximum absolute atomic E-state index is 10.2. The van der Waals surface area contributed by atoms with E-state index in [0.29, 0.717) is 34.7 Å². The van der Waals surface area contributed by atoms with E-state index in [0.717, 1.165) is 37.2 Å². The minimum absolute atomic E-state index is 0.201. The van der Waals surface area contributed by atoms with Crippen molar-refractivity contribution in [2.75, 3.05) is 6.61 Å². The fourth-order valence-corrected chi connectivity index (χ4v) is 9.73. The standard InChI is InChI=1S/C27H42O3/c1-16-7-12-27(29-15-16)17(2)24-23(30-27)14-22-20-6-5-18-13-19(28)8-10-25(18,3)21(20)9-11-26(22,24)4/h13,16-17,19-24,28H,5-12,14-15H2,1-4H3. The summed E-state index contributed by atoms with van der Waals surface area (Å²) >= 11 is 0. The minimum Gasteiger partial charge on any atom is -0.389 e. The zero-order chi connectivity index (χ0) is 20.9. The van der Waals surface area contributed by atoms with Crippen molar-refractivity contribution in [3.8, 4) is 0 Å². The summed E-state index contributed by atoms with van der Waals surface area (Å²) in [5, 5.41) is 10.2. The van der Waals surface area contributed by atoms with Gasteiger partial charge >= 0.3 is 0 Å². The van der Waals surface area contributed by atoms with Crippen molar-refractivity contribution in [2.45, 2.75) is 103 Å². The van der Waals surface area contributed by atoms with E-state index in [2.05, 4.69) is 33.8 Å². The van der Waals surface area contributed by atoms with E-state index in [-0.39, 0.29) is 11.9 Å². The van der Waals surface area contributed by atoms with Crippen molar-refractivity contribution >= 4 is 0 Å². The Hall–Kier alpha value is -0.380. The Balaban J connectivity index is 1.28. The second-order valence-corrected chi connectivity index (χ2v) is 12.6. The second-order valence-electron chi connectivity index (χ2n) is 12.6. The first-order chi connectivity index (χ1) is 14.3. The number of aliphatic hydroxyl groups is 1. The lowest BCUT2D eigenvalue weighted by Gasteiger charge is -2.59. The number of hydrogen-bond donors (Lipinski definition) is 1. The van der Waals surface area contributed by atoms with E-state index in [1.54, 1.807) is 5.57 Å². The van der Waals surface area contributed by atoms with Gasteiger partial charge in [-0.1, -0.05) is 39.3 Å². The zero-order valence-electron chi connectivity index (χ0n) is 19.5. The van der Waals surface area contributed by atoms with Crippen LogP contribution in [-0.2, 0) is 9.47 Å². The van der Waals surface area contributed by atoms with Crippen molar-refractivity contribution in [1.82, 2.24) is 0 Å². The Morgan fingerprint density at radius 2 is 1.83 bits per heavy atom. The average molecular weight is 415 g/mol. The van der Waals surface area contributed by atoms with Crippen LogP contribution in [0.2, 0.25) is 0 Å². The molecule has 2 aliphatic heterocycles. The largest absolute Gasteiger partial charge is 0.389 e. The van der Waals surface area contributed by atoms with E-state index >= 15 is 0 Å². The fourth-order valence-electron chi connectivity index (χ4n) is 9.73. The Kier molecular flexibility index (Phi) is 4.44. The molecule has 30 heavy (non-hydrogen) atoms. The van der Waals surface area contributed by atoms with Crippen LogP contribution in [-0.4, -0.2) is 29.7 Å². The molecule has 0 radical (unpaired) electrons. The van der Waals surface area contributed by atoms with Gasteiger partial charge in [-0.3, -0.25) is 0 Å². The highest BCUT2D eigenvalue weighted by atomic mass is 16.7. The van der Waals surface area contributed by atoms with Crippen molar-refractivity contribution < 1.29 is 14.6 Å². The predicted molar refractivity (Wildman–Crippen MR) is 118 cm³/mol. The highest BCUT2D eigenvalue weighted by Crippen LogP contribution is 2.70. The van der Waals surface area contributed by atoms with Crippen molar-refractivity contribution in [3.63, 3.8) is 0 Å². The van der Waals surface area contributed by atoms with Crippen molar-refractivity contribution in [2.24, 2.45) is 46.3 Å². The third kappa shape index (κ3) is 2.55. The van der Waals surface area contributed by atoms with Crippen LogP contribution >= 0.6 is 0 Å². The highest BCUT2D eigenvalue weighted by molar-refractivity contribution is 5.26. The molecule has 0 amide bonds. The Morgan fingerprint density at radius 3 is 2.60 bits per heavy atom. The molecule has 0 aromatic carbocycles. The van der Waals surface area contributed by atoms with E-state index in [1.165, 1.54) is 44.9 Å². The van der Waals surface area contributed by atoms with E-state index in [1.807, 2.05) is 0 Å². The topological polar surface area (TPSA) is 38.7 Å². The normalized spacial score (nSPS) is 59.8. The molecule has 0 aromatic heterocycles. The molecule has 3 heteroatoms. The maximum atomic E-state index is 10.2. The lowest BCUT2D eigenvalue weighted by molar-refractivity contribution is -0.272. The number of fused-ring (bicyclic) bond motifs is 7.